The molecule has 88 valence electrons. The fourth-order valence-electron chi connectivity index (χ4n) is 1.79. The van der Waals surface area contributed by atoms with Gasteiger partial charge in [-0.25, -0.2) is 0 Å². The van der Waals surface area contributed by atoms with Gasteiger partial charge < -0.3 is 0 Å². The molecule has 0 N–H and O–H groups in total. The molecule has 0 aromatic heterocycles. The Hall–Kier alpha value is -0.180. The summed E-state index contributed by atoms with van der Waals surface area (Å²) in [6, 6.07) is 0. The summed E-state index contributed by atoms with van der Waals surface area (Å²) in [5.74, 6) is 0.389. The molecule has 0 spiro atoms. The van der Waals surface area contributed by atoms with Crippen molar-refractivity contribution in [2.45, 2.75) is 58.1 Å². The third-order valence-corrected chi connectivity index (χ3v) is 4.80. The van der Waals surface area contributed by atoms with Gasteiger partial charge in [-0.3, -0.25) is 9.00 Å². The molecule has 2 nitrogen and oxygen atoms in total. The predicted octanol–water partition coefficient (Wildman–Crippen LogP) is 2.68. The smallest absolute Gasteiger partial charge is 0.150 e. The molecule has 1 unspecified atom stereocenters. The normalized spacial score (nSPS) is 21.3. The Bertz CT molecular complexity index is 247. The Labute approximate surface area is 95.3 Å². The van der Waals surface area contributed by atoms with Crippen LogP contribution in [0.25, 0.3) is 0 Å². The van der Waals surface area contributed by atoms with Crippen LogP contribution in [0.3, 0.4) is 0 Å². The molecule has 1 saturated carbocycles. The molecule has 0 aliphatic heterocycles. The molecule has 0 heterocycles. The molecule has 1 fully saturated rings. The second kappa shape index (κ2) is 5.24. The minimum absolute atomic E-state index is 0.131. The Morgan fingerprint density at radius 3 is 2.20 bits per heavy atom. The van der Waals surface area contributed by atoms with E-state index in [1.807, 2.05) is 20.8 Å². The summed E-state index contributed by atoms with van der Waals surface area (Å²) in [7, 11) is -0.933. The van der Waals surface area contributed by atoms with Crippen molar-refractivity contribution in [3.05, 3.63) is 0 Å². The Morgan fingerprint density at radius 2 is 1.73 bits per heavy atom. The summed E-state index contributed by atoms with van der Waals surface area (Å²) >= 11 is 0. The van der Waals surface area contributed by atoms with Gasteiger partial charge in [0.15, 0.2) is 5.78 Å². The molecule has 0 radical (unpaired) electrons. The standard InChI is InChI=1S/C12H22O2S/c1-12(2,3)11(13)9-15(14)10-7-5-4-6-8-10/h10H,4-9H2,1-3H3. The monoisotopic (exact) mass is 230 g/mol. The molecule has 1 aliphatic rings. The van der Waals surface area contributed by atoms with Crippen LogP contribution >= 0.6 is 0 Å². The first kappa shape index (κ1) is 12.9. The Balaban J connectivity index is 2.44. The fourth-order valence-corrected chi connectivity index (χ4v) is 3.58. The molecular formula is C12H22O2S. The van der Waals surface area contributed by atoms with Crippen molar-refractivity contribution < 1.29 is 9.00 Å². The third-order valence-electron chi connectivity index (χ3n) is 3.03. The topological polar surface area (TPSA) is 34.1 Å². The van der Waals surface area contributed by atoms with E-state index >= 15 is 0 Å². The van der Waals surface area contributed by atoms with E-state index in [0.29, 0.717) is 0 Å². The first-order chi connectivity index (χ1) is 6.91. The van der Waals surface area contributed by atoms with Crippen molar-refractivity contribution in [3.8, 4) is 0 Å². The average molecular weight is 230 g/mol. The first-order valence-corrected chi connectivity index (χ1v) is 7.20. The summed E-state index contributed by atoms with van der Waals surface area (Å²) in [6.07, 6.45) is 5.72. The van der Waals surface area contributed by atoms with Gasteiger partial charge >= 0.3 is 0 Å². The lowest BCUT2D eigenvalue weighted by molar-refractivity contribution is -0.123. The molecule has 1 aliphatic carbocycles. The number of hydrogen-bond donors (Lipinski definition) is 0. The zero-order valence-electron chi connectivity index (χ0n) is 10.0. The number of carbonyl (C=O) groups is 1. The summed E-state index contributed by atoms with van der Waals surface area (Å²) < 4.78 is 11.9. The van der Waals surface area contributed by atoms with Crippen LogP contribution in [0.2, 0.25) is 0 Å². The predicted molar refractivity (Wildman–Crippen MR) is 64.3 cm³/mol. The van der Waals surface area contributed by atoms with Crippen LogP contribution in [-0.4, -0.2) is 21.0 Å². The molecule has 0 aromatic carbocycles. The largest absolute Gasteiger partial charge is 0.298 e. The highest BCUT2D eigenvalue weighted by Crippen LogP contribution is 2.23. The van der Waals surface area contributed by atoms with Gasteiger partial charge in [0.2, 0.25) is 0 Å². The lowest BCUT2D eigenvalue weighted by Gasteiger charge is -2.22. The minimum Gasteiger partial charge on any atom is -0.298 e. The van der Waals surface area contributed by atoms with Gasteiger partial charge in [-0.2, -0.15) is 0 Å². The van der Waals surface area contributed by atoms with Crippen LogP contribution in [-0.2, 0) is 15.6 Å². The summed E-state index contributed by atoms with van der Waals surface area (Å²) in [6.45, 7) is 5.69. The van der Waals surface area contributed by atoms with Gasteiger partial charge in [0.05, 0.1) is 5.75 Å². The minimum atomic E-state index is -0.933. The highest BCUT2D eigenvalue weighted by Gasteiger charge is 2.27. The van der Waals surface area contributed by atoms with E-state index in [4.69, 9.17) is 0 Å². The van der Waals surface area contributed by atoms with E-state index in [1.54, 1.807) is 0 Å². The summed E-state index contributed by atoms with van der Waals surface area (Å²) in [5, 5.41) is 0.282. The maximum Gasteiger partial charge on any atom is 0.150 e. The highest BCUT2D eigenvalue weighted by molar-refractivity contribution is 7.86. The summed E-state index contributed by atoms with van der Waals surface area (Å²) in [5.41, 5.74) is -0.343. The maximum absolute atomic E-state index is 11.9. The van der Waals surface area contributed by atoms with E-state index in [0.717, 1.165) is 12.8 Å². The average Bonchev–Trinajstić information content (AvgIpc) is 2.17. The van der Waals surface area contributed by atoms with Crippen molar-refractivity contribution in [2.75, 3.05) is 5.75 Å². The molecule has 0 saturated heterocycles. The second-order valence-corrected chi connectivity index (χ2v) is 7.18. The van der Waals surface area contributed by atoms with E-state index in [-0.39, 0.29) is 22.2 Å². The molecule has 0 bridgehead atoms. The quantitative estimate of drug-likeness (QED) is 0.747. The van der Waals surface area contributed by atoms with Gasteiger partial charge in [0.25, 0.3) is 0 Å². The Kier molecular flexibility index (Phi) is 4.50. The molecule has 15 heavy (non-hydrogen) atoms. The molecular weight excluding hydrogens is 208 g/mol. The first-order valence-electron chi connectivity index (χ1n) is 5.82. The van der Waals surface area contributed by atoms with Gasteiger partial charge in [-0.05, 0) is 12.8 Å². The van der Waals surface area contributed by atoms with Crippen LogP contribution < -0.4 is 0 Å². The number of rotatable bonds is 3. The van der Waals surface area contributed by atoms with Crippen molar-refractivity contribution in [1.82, 2.24) is 0 Å². The van der Waals surface area contributed by atoms with E-state index in [1.165, 1.54) is 19.3 Å². The molecule has 0 aromatic rings. The van der Waals surface area contributed by atoms with Crippen molar-refractivity contribution in [3.63, 3.8) is 0 Å². The lowest BCUT2D eigenvalue weighted by atomic mass is 9.92. The highest BCUT2D eigenvalue weighted by atomic mass is 32.2. The number of carbonyl (C=O) groups excluding carboxylic acids is 1. The molecule has 1 rings (SSSR count). The van der Waals surface area contributed by atoms with Crippen molar-refractivity contribution in [2.24, 2.45) is 5.41 Å². The van der Waals surface area contributed by atoms with Crippen LogP contribution in [0.4, 0.5) is 0 Å². The Morgan fingerprint density at radius 1 is 1.20 bits per heavy atom. The van der Waals surface area contributed by atoms with Gasteiger partial charge in [-0.15, -0.1) is 0 Å². The second-order valence-electron chi connectivity index (χ2n) is 5.46. The lowest BCUT2D eigenvalue weighted by Crippen LogP contribution is -2.30. The van der Waals surface area contributed by atoms with Crippen molar-refractivity contribution in [1.29, 1.82) is 0 Å². The van der Waals surface area contributed by atoms with E-state index < -0.39 is 10.8 Å². The van der Waals surface area contributed by atoms with Crippen LogP contribution in [0.15, 0.2) is 0 Å². The SMILES string of the molecule is CC(C)(C)C(=O)CS(=O)C1CCCCC1. The van der Waals surface area contributed by atoms with Crippen LogP contribution in [0.5, 0.6) is 0 Å². The van der Waals surface area contributed by atoms with Crippen LogP contribution in [0.1, 0.15) is 52.9 Å². The molecule has 0 amide bonds. The third kappa shape index (κ3) is 4.06. The zero-order chi connectivity index (χ0) is 11.5. The maximum atomic E-state index is 11.9. The molecule has 3 heteroatoms. The van der Waals surface area contributed by atoms with E-state index in [2.05, 4.69) is 0 Å². The zero-order valence-corrected chi connectivity index (χ0v) is 10.9. The fraction of sp³-hybridized carbons (Fsp3) is 0.917. The van der Waals surface area contributed by atoms with E-state index in [9.17, 15) is 9.00 Å². The number of hydrogen-bond acceptors (Lipinski definition) is 2. The number of Topliss-reactive ketones (excluding diaryl/α,β-unsaturated/α-hetero) is 1. The number of ketones is 1. The van der Waals surface area contributed by atoms with Gasteiger partial charge in [0.1, 0.15) is 0 Å². The van der Waals surface area contributed by atoms with Gasteiger partial charge in [-0.1, -0.05) is 40.0 Å². The van der Waals surface area contributed by atoms with Crippen LogP contribution in [0, 0.1) is 5.41 Å². The van der Waals surface area contributed by atoms with Gasteiger partial charge in [0, 0.05) is 21.5 Å². The summed E-state index contributed by atoms with van der Waals surface area (Å²) in [4.78, 5) is 11.7. The van der Waals surface area contributed by atoms with Crippen molar-refractivity contribution >= 4 is 16.6 Å². The molecule has 1 atom stereocenters.